The quantitative estimate of drug-likeness (QED) is 0.671. The van der Waals surface area contributed by atoms with Gasteiger partial charge in [0, 0.05) is 5.56 Å². The lowest BCUT2D eigenvalue weighted by atomic mass is 10.2. The molecule has 0 aliphatic rings. The molecule has 0 radical (unpaired) electrons. The minimum Gasteiger partial charge on any atom is -0.445 e. The van der Waals surface area contributed by atoms with Crippen LogP contribution in [0.2, 0.25) is 0 Å². The van der Waals surface area contributed by atoms with Crippen LogP contribution in [0.25, 0.3) is 0 Å². The number of benzene rings is 1. The minimum atomic E-state index is -3.85. The number of nitrogens with two attached hydrogens (primary N) is 2. The van der Waals surface area contributed by atoms with Crippen LogP contribution in [-0.2, 0) is 16.6 Å². The smallest absolute Gasteiger partial charge is 0.248 e. The number of aryl methyl sites for hydroxylation is 1. The van der Waals surface area contributed by atoms with Crippen LogP contribution in [0.5, 0.6) is 0 Å². The molecule has 0 bridgehead atoms. The number of amides is 1. The summed E-state index contributed by atoms with van der Waals surface area (Å²) in [6, 6.07) is 3.73. The lowest BCUT2D eigenvalue weighted by Gasteiger charge is -2.08. The predicted molar refractivity (Wildman–Crippen MR) is 74.6 cm³/mol. The van der Waals surface area contributed by atoms with Crippen molar-refractivity contribution >= 4 is 21.6 Å². The first-order valence-corrected chi connectivity index (χ1v) is 7.38. The Morgan fingerprint density at radius 1 is 1.43 bits per heavy atom. The van der Waals surface area contributed by atoms with E-state index in [4.69, 9.17) is 15.9 Å². The standard InChI is InChI=1S/C12H14N4O4S/c1-7-5-15-11(20-7)6-16-21(18,19)10-3-2-8(12(14)17)4-9(10)13/h2-5,16H,6,13H2,1H3,(H2,14,17). The fourth-order valence-electron chi connectivity index (χ4n) is 1.66. The number of aromatic nitrogens is 1. The lowest BCUT2D eigenvalue weighted by molar-refractivity contribution is 0.1000. The van der Waals surface area contributed by atoms with Crippen molar-refractivity contribution in [1.29, 1.82) is 0 Å². The fourth-order valence-corrected chi connectivity index (χ4v) is 2.75. The summed E-state index contributed by atoms with van der Waals surface area (Å²) in [5.74, 6) is 0.131. The highest BCUT2D eigenvalue weighted by atomic mass is 32.2. The molecule has 0 saturated heterocycles. The van der Waals surface area contributed by atoms with Crippen molar-refractivity contribution in [1.82, 2.24) is 9.71 Å². The Kier molecular flexibility index (Phi) is 3.96. The first kappa shape index (κ1) is 15.0. The predicted octanol–water partition coefficient (Wildman–Crippen LogP) is 0.143. The topological polar surface area (TPSA) is 141 Å². The molecule has 0 aliphatic carbocycles. The van der Waals surface area contributed by atoms with E-state index >= 15 is 0 Å². The monoisotopic (exact) mass is 310 g/mol. The summed E-state index contributed by atoms with van der Waals surface area (Å²) in [5, 5.41) is 0. The zero-order valence-corrected chi connectivity index (χ0v) is 12.0. The molecule has 8 nitrogen and oxygen atoms in total. The minimum absolute atomic E-state index is 0.0672. The summed E-state index contributed by atoms with van der Waals surface area (Å²) in [6.07, 6.45) is 1.49. The van der Waals surface area contributed by atoms with Gasteiger partial charge in [-0.25, -0.2) is 18.1 Å². The number of primary amides is 1. The van der Waals surface area contributed by atoms with Crippen molar-refractivity contribution in [3.05, 3.63) is 41.6 Å². The van der Waals surface area contributed by atoms with Gasteiger partial charge in [-0.15, -0.1) is 0 Å². The molecule has 21 heavy (non-hydrogen) atoms. The number of hydrogen-bond donors (Lipinski definition) is 3. The molecule has 0 saturated carbocycles. The number of rotatable bonds is 5. The summed E-state index contributed by atoms with van der Waals surface area (Å²) in [5.41, 5.74) is 10.8. The van der Waals surface area contributed by atoms with Crippen molar-refractivity contribution in [3.63, 3.8) is 0 Å². The molecule has 0 spiro atoms. The number of sulfonamides is 1. The van der Waals surface area contributed by atoms with E-state index in [2.05, 4.69) is 9.71 Å². The zero-order valence-electron chi connectivity index (χ0n) is 11.2. The van der Waals surface area contributed by atoms with Crippen LogP contribution >= 0.6 is 0 Å². The molecule has 2 aromatic rings. The van der Waals surface area contributed by atoms with Gasteiger partial charge in [-0.2, -0.15) is 0 Å². The van der Waals surface area contributed by atoms with Crippen LogP contribution in [0.3, 0.4) is 0 Å². The van der Waals surface area contributed by atoms with E-state index in [1.54, 1.807) is 6.92 Å². The molecule has 1 amide bonds. The molecule has 1 aromatic heterocycles. The highest BCUT2D eigenvalue weighted by molar-refractivity contribution is 7.89. The molecule has 9 heteroatoms. The summed E-state index contributed by atoms with van der Waals surface area (Å²) >= 11 is 0. The van der Waals surface area contributed by atoms with Gasteiger partial charge in [-0.3, -0.25) is 4.79 Å². The molecule has 1 aromatic carbocycles. The van der Waals surface area contributed by atoms with E-state index in [0.717, 1.165) is 0 Å². The Bertz CT molecular complexity index is 782. The van der Waals surface area contributed by atoms with Gasteiger partial charge in [-0.05, 0) is 25.1 Å². The van der Waals surface area contributed by atoms with Crippen molar-refractivity contribution in [2.75, 3.05) is 5.73 Å². The Labute approximate surface area is 121 Å². The van der Waals surface area contributed by atoms with E-state index in [1.807, 2.05) is 0 Å². The van der Waals surface area contributed by atoms with Gasteiger partial charge in [0.1, 0.15) is 10.7 Å². The molecule has 0 fully saturated rings. The highest BCUT2D eigenvalue weighted by Gasteiger charge is 2.19. The largest absolute Gasteiger partial charge is 0.445 e. The van der Waals surface area contributed by atoms with E-state index in [0.29, 0.717) is 5.76 Å². The number of carbonyl (C=O) groups excluding carboxylic acids is 1. The number of nitrogens with one attached hydrogen (secondary N) is 1. The summed E-state index contributed by atoms with van der Waals surface area (Å²) in [4.78, 5) is 14.8. The Hall–Kier alpha value is -2.39. The van der Waals surface area contributed by atoms with Gasteiger partial charge in [0.2, 0.25) is 21.8 Å². The Balaban J connectivity index is 2.21. The third kappa shape index (κ3) is 3.38. The number of carbonyl (C=O) groups is 1. The maximum absolute atomic E-state index is 12.1. The van der Waals surface area contributed by atoms with Gasteiger partial charge in [0.15, 0.2) is 0 Å². The molecule has 0 atom stereocenters. The van der Waals surface area contributed by atoms with E-state index in [9.17, 15) is 13.2 Å². The van der Waals surface area contributed by atoms with Crippen LogP contribution in [-0.4, -0.2) is 19.3 Å². The Morgan fingerprint density at radius 2 is 2.14 bits per heavy atom. The third-order valence-corrected chi connectivity index (χ3v) is 4.14. The third-order valence-electron chi connectivity index (χ3n) is 2.67. The second-order valence-corrected chi connectivity index (χ2v) is 6.04. The Morgan fingerprint density at radius 3 is 2.67 bits per heavy atom. The number of anilines is 1. The van der Waals surface area contributed by atoms with E-state index in [1.165, 1.54) is 24.4 Å². The number of nitrogen functional groups attached to an aromatic ring is 1. The maximum Gasteiger partial charge on any atom is 0.248 e. The van der Waals surface area contributed by atoms with Crippen LogP contribution in [0.15, 0.2) is 33.7 Å². The fraction of sp³-hybridized carbons (Fsp3) is 0.167. The average molecular weight is 310 g/mol. The van der Waals surface area contributed by atoms with Gasteiger partial charge < -0.3 is 15.9 Å². The summed E-state index contributed by atoms with van der Waals surface area (Å²) < 4.78 is 31.8. The number of nitrogens with zero attached hydrogens (tertiary/aromatic N) is 1. The molecule has 0 unspecified atom stereocenters. The second kappa shape index (κ2) is 5.54. The van der Waals surface area contributed by atoms with Gasteiger partial charge in [-0.1, -0.05) is 0 Å². The van der Waals surface area contributed by atoms with E-state index < -0.39 is 15.9 Å². The normalized spacial score (nSPS) is 11.5. The van der Waals surface area contributed by atoms with Gasteiger partial charge >= 0.3 is 0 Å². The van der Waals surface area contributed by atoms with Crippen LogP contribution in [0.1, 0.15) is 22.0 Å². The summed E-state index contributed by atoms with van der Waals surface area (Å²) in [6.45, 7) is 1.60. The zero-order chi connectivity index (χ0) is 15.6. The molecule has 112 valence electrons. The summed E-state index contributed by atoms with van der Waals surface area (Å²) in [7, 11) is -3.85. The molecular formula is C12H14N4O4S. The first-order valence-electron chi connectivity index (χ1n) is 5.90. The average Bonchev–Trinajstić information content (AvgIpc) is 2.82. The van der Waals surface area contributed by atoms with Gasteiger partial charge in [0.05, 0.1) is 18.4 Å². The van der Waals surface area contributed by atoms with Crippen molar-refractivity contribution in [2.24, 2.45) is 5.73 Å². The second-order valence-electron chi connectivity index (χ2n) is 4.31. The van der Waals surface area contributed by atoms with Crippen molar-refractivity contribution in [2.45, 2.75) is 18.4 Å². The molecular weight excluding hydrogens is 296 g/mol. The first-order chi connectivity index (χ1) is 9.79. The molecule has 0 aliphatic heterocycles. The molecule has 1 heterocycles. The number of oxazole rings is 1. The van der Waals surface area contributed by atoms with Crippen LogP contribution in [0.4, 0.5) is 5.69 Å². The lowest BCUT2D eigenvalue weighted by Crippen LogP contribution is -2.24. The molecule has 2 rings (SSSR count). The van der Waals surface area contributed by atoms with Crippen LogP contribution < -0.4 is 16.2 Å². The maximum atomic E-state index is 12.1. The number of hydrogen-bond acceptors (Lipinski definition) is 6. The van der Waals surface area contributed by atoms with E-state index in [-0.39, 0.29) is 28.6 Å². The highest BCUT2D eigenvalue weighted by Crippen LogP contribution is 2.19. The van der Waals surface area contributed by atoms with Crippen molar-refractivity contribution in [3.8, 4) is 0 Å². The SMILES string of the molecule is Cc1cnc(CNS(=O)(=O)c2ccc(C(N)=O)cc2N)o1. The van der Waals surface area contributed by atoms with Crippen LogP contribution in [0, 0.1) is 6.92 Å². The van der Waals surface area contributed by atoms with Gasteiger partial charge in [0.25, 0.3) is 0 Å². The van der Waals surface area contributed by atoms with Crippen molar-refractivity contribution < 1.29 is 17.6 Å². The molecule has 5 N–H and O–H groups in total.